The van der Waals surface area contributed by atoms with E-state index < -0.39 is 0 Å². The summed E-state index contributed by atoms with van der Waals surface area (Å²) in [4.78, 5) is 0. The standard InChI is InChI=1S/C17H22N2O/c1-2-20-17-10-6-9-16(13-17)19-12-11-18-14-15-7-4-3-5-8-15/h3-10,13,18-19H,2,11-12,14H2,1H3. The maximum Gasteiger partial charge on any atom is 0.121 e. The van der Waals surface area contributed by atoms with Crippen LogP contribution < -0.4 is 15.4 Å². The lowest BCUT2D eigenvalue weighted by atomic mass is 10.2. The van der Waals surface area contributed by atoms with E-state index in [4.69, 9.17) is 4.74 Å². The average Bonchev–Trinajstić information content (AvgIpc) is 2.49. The highest BCUT2D eigenvalue weighted by Crippen LogP contribution is 2.16. The Labute approximate surface area is 121 Å². The van der Waals surface area contributed by atoms with Crippen molar-refractivity contribution in [3.63, 3.8) is 0 Å². The zero-order chi connectivity index (χ0) is 14.0. The van der Waals surface area contributed by atoms with Crippen LogP contribution in [0.1, 0.15) is 12.5 Å². The van der Waals surface area contributed by atoms with Crippen LogP contribution in [0.25, 0.3) is 0 Å². The first-order valence-electron chi connectivity index (χ1n) is 7.10. The lowest BCUT2D eigenvalue weighted by Gasteiger charge is -2.09. The lowest BCUT2D eigenvalue weighted by molar-refractivity contribution is 0.340. The third-order valence-electron chi connectivity index (χ3n) is 2.95. The minimum absolute atomic E-state index is 0.697. The largest absolute Gasteiger partial charge is 0.494 e. The molecule has 0 aliphatic heterocycles. The minimum Gasteiger partial charge on any atom is -0.494 e. The topological polar surface area (TPSA) is 33.3 Å². The molecule has 0 heterocycles. The molecular formula is C17H22N2O. The SMILES string of the molecule is CCOc1cccc(NCCNCc2ccccc2)c1. The van der Waals surface area contributed by atoms with Crippen LogP contribution in [0.2, 0.25) is 0 Å². The smallest absolute Gasteiger partial charge is 0.121 e. The molecule has 2 N–H and O–H groups in total. The Morgan fingerprint density at radius 3 is 2.60 bits per heavy atom. The van der Waals surface area contributed by atoms with E-state index in [-0.39, 0.29) is 0 Å². The first-order chi connectivity index (χ1) is 9.88. The molecule has 0 atom stereocenters. The number of rotatable bonds is 8. The Balaban J connectivity index is 1.67. The van der Waals surface area contributed by atoms with Gasteiger partial charge in [-0.05, 0) is 24.6 Å². The second kappa shape index (κ2) is 8.23. The van der Waals surface area contributed by atoms with E-state index in [0.29, 0.717) is 6.61 Å². The predicted octanol–water partition coefficient (Wildman–Crippen LogP) is 3.29. The molecule has 2 aromatic rings. The van der Waals surface area contributed by atoms with Gasteiger partial charge in [-0.1, -0.05) is 36.4 Å². The maximum absolute atomic E-state index is 5.48. The number of benzene rings is 2. The van der Waals surface area contributed by atoms with Crippen molar-refractivity contribution in [1.82, 2.24) is 5.32 Å². The summed E-state index contributed by atoms with van der Waals surface area (Å²) in [6.07, 6.45) is 0. The fraction of sp³-hybridized carbons (Fsp3) is 0.294. The molecule has 3 nitrogen and oxygen atoms in total. The van der Waals surface area contributed by atoms with Crippen molar-refractivity contribution in [3.8, 4) is 5.75 Å². The predicted molar refractivity (Wildman–Crippen MR) is 84.2 cm³/mol. The van der Waals surface area contributed by atoms with Crippen LogP contribution in [0.5, 0.6) is 5.75 Å². The molecule has 20 heavy (non-hydrogen) atoms. The van der Waals surface area contributed by atoms with Gasteiger partial charge in [0.25, 0.3) is 0 Å². The molecule has 2 rings (SSSR count). The van der Waals surface area contributed by atoms with Gasteiger partial charge in [0, 0.05) is 31.4 Å². The zero-order valence-corrected chi connectivity index (χ0v) is 11.9. The molecule has 0 amide bonds. The van der Waals surface area contributed by atoms with Crippen LogP contribution in [-0.2, 0) is 6.54 Å². The van der Waals surface area contributed by atoms with E-state index in [2.05, 4.69) is 41.0 Å². The van der Waals surface area contributed by atoms with E-state index in [1.165, 1.54) is 5.56 Å². The van der Waals surface area contributed by atoms with E-state index in [1.54, 1.807) is 0 Å². The minimum atomic E-state index is 0.697. The van der Waals surface area contributed by atoms with E-state index in [1.807, 2.05) is 31.2 Å². The van der Waals surface area contributed by atoms with Crippen molar-refractivity contribution in [2.24, 2.45) is 0 Å². The van der Waals surface area contributed by atoms with Crippen molar-refractivity contribution in [2.75, 3.05) is 25.0 Å². The fourth-order valence-corrected chi connectivity index (χ4v) is 1.99. The van der Waals surface area contributed by atoms with Gasteiger partial charge in [0.1, 0.15) is 5.75 Å². The number of ether oxygens (including phenoxy) is 1. The van der Waals surface area contributed by atoms with Gasteiger partial charge in [-0.2, -0.15) is 0 Å². The van der Waals surface area contributed by atoms with E-state index in [9.17, 15) is 0 Å². The molecule has 0 saturated heterocycles. The van der Waals surface area contributed by atoms with Crippen molar-refractivity contribution >= 4 is 5.69 Å². The first kappa shape index (κ1) is 14.4. The molecule has 0 spiro atoms. The van der Waals surface area contributed by atoms with Crippen molar-refractivity contribution < 1.29 is 4.74 Å². The van der Waals surface area contributed by atoms with Gasteiger partial charge in [0.05, 0.1) is 6.61 Å². The van der Waals surface area contributed by atoms with Crippen LogP contribution in [-0.4, -0.2) is 19.7 Å². The summed E-state index contributed by atoms with van der Waals surface area (Å²) in [5.41, 5.74) is 2.41. The summed E-state index contributed by atoms with van der Waals surface area (Å²) in [5.74, 6) is 0.912. The van der Waals surface area contributed by atoms with Crippen molar-refractivity contribution in [3.05, 3.63) is 60.2 Å². The summed E-state index contributed by atoms with van der Waals surface area (Å²) in [5, 5.41) is 6.81. The molecule has 0 bridgehead atoms. The Morgan fingerprint density at radius 2 is 1.80 bits per heavy atom. The van der Waals surface area contributed by atoms with Gasteiger partial charge < -0.3 is 15.4 Å². The normalized spacial score (nSPS) is 10.2. The van der Waals surface area contributed by atoms with Crippen LogP contribution >= 0.6 is 0 Å². The molecule has 3 heteroatoms. The molecule has 0 fully saturated rings. The monoisotopic (exact) mass is 270 g/mol. The van der Waals surface area contributed by atoms with Crippen LogP contribution in [0.15, 0.2) is 54.6 Å². The molecule has 0 aliphatic carbocycles. The van der Waals surface area contributed by atoms with Crippen molar-refractivity contribution in [2.45, 2.75) is 13.5 Å². The summed E-state index contributed by atoms with van der Waals surface area (Å²) >= 11 is 0. The van der Waals surface area contributed by atoms with Gasteiger partial charge in [0.15, 0.2) is 0 Å². The van der Waals surface area contributed by atoms with Gasteiger partial charge in [0.2, 0.25) is 0 Å². The molecule has 0 unspecified atom stereocenters. The van der Waals surface area contributed by atoms with Crippen molar-refractivity contribution in [1.29, 1.82) is 0 Å². The quantitative estimate of drug-likeness (QED) is 0.722. The summed E-state index contributed by atoms with van der Waals surface area (Å²) in [6, 6.07) is 18.5. The number of nitrogens with one attached hydrogen (secondary N) is 2. The van der Waals surface area contributed by atoms with E-state index >= 15 is 0 Å². The summed E-state index contributed by atoms with van der Waals surface area (Å²) in [7, 11) is 0. The highest BCUT2D eigenvalue weighted by atomic mass is 16.5. The molecule has 0 radical (unpaired) electrons. The second-order valence-electron chi connectivity index (χ2n) is 4.55. The Hall–Kier alpha value is -2.00. The van der Waals surface area contributed by atoms with Gasteiger partial charge in [-0.25, -0.2) is 0 Å². The Kier molecular flexibility index (Phi) is 5.93. The maximum atomic E-state index is 5.48. The number of hydrogen-bond donors (Lipinski definition) is 2. The summed E-state index contributed by atoms with van der Waals surface area (Å²) in [6.45, 7) is 5.41. The highest BCUT2D eigenvalue weighted by Gasteiger charge is 1.96. The summed E-state index contributed by atoms with van der Waals surface area (Å²) < 4.78 is 5.48. The molecule has 106 valence electrons. The molecular weight excluding hydrogens is 248 g/mol. The van der Waals surface area contributed by atoms with Gasteiger partial charge in [-0.3, -0.25) is 0 Å². The first-order valence-corrected chi connectivity index (χ1v) is 7.10. The molecule has 0 aliphatic rings. The third-order valence-corrected chi connectivity index (χ3v) is 2.95. The third kappa shape index (κ3) is 4.94. The molecule has 2 aromatic carbocycles. The van der Waals surface area contributed by atoms with Gasteiger partial charge >= 0.3 is 0 Å². The zero-order valence-electron chi connectivity index (χ0n) is 11.9. The molecule has 0 aromatic heterocycles. The van der Waals surface area contributed by atoms with Crippen LogP contribution in [0.3, 0.4) is 0 Å². The second-order valence-corrected chi connectivity index (χ2v) is 4.55. The Morgan fingerprint density at radius 1 is 0.950 bits per heavy atom. The molecule has 0 saturated carbocycles. The van der Waals surface area contributed by atoms with Gasteiger partial charge in [-0.15, -0.1) is 0 Å². The lowest BCUT2D eigenvalue weighted by Crippen LogP contribution is -2.21. The Bertz CT molecular complexity index is 499. The number of anilines is 1. The fourth-order valence-electron chi connectivity index (χ4n) is 1.99. The van der Waals surface area contributed by atoms with Crippen LogP contribution in [0, 0.1) is 0 Å². The average molecular weight is 270 g/mol. The van der Waals surface area contributed by atoms with Crippen LogP contribution in [0.4, 0.5) is 5.69 Å². The highest BCUT2D eigenvalue weighted by molar-refractivity contribution is 5.48. The number of hydrogen-bond acceptors (Lipinski definition) is 3. The van der Waals surface area contributed by atoms with E-state index in [0.717, 1.165) is 31.1 Å².